The molecule has 1 aromatic rings. The molecule has 42 nitrogen and oxygen atoms in total. The Labute approximate surface area is 765 Å². The first-order valence-corrected chi connectivity index (χ1v) is 47.8. The van der Waals surface area contributed by atoms with Crippen molar-refractivity contribution in [2.75, 3.05) is 104 Å². The average molecular weight is 1880 g/mol. The summed E-state index contributed by atoms with van der Waals surface area (Å²) < 4.78 is 98.3. The Morgan fingerprint density at radius 1 is 0.644 bits per heavy atom. The van der Waals surface area contributed by atoms with E-state index in [0.29, 0.717) is 36.1 Å². The van der Waals surface area contributed by atoms with E-state index in [-0.39, 0.29) is 214 Å². The Balaban J connectivity index is 0.577. The van der Waals surface area contributed by atoms with Gasteiger partial charge in [-0.15, -0.1) is 0 Å². The first-order valence-electron chi connectivity index (χ1n) is 46.0. The van der Waals surface area contributed by atoms with Crippen molar-refractivity contribution in [3.05, 3.63) is 66.3 Å². The average Bonchev–Trinajstić information content (AvgIpc) is 1.55. The summed E-state index contributed by atoms with van der Waals surface area (Å²) in [6.07, 6.45) is 2.89. The second kappa shape index (κ2) is 48.1. The number of primary amides is 1. The summed E-state index contributed by atoms with van der Waals surface area (Å²) in [6, 6.07) is -1.33. The number of benzene rings is 1. The number of methoxy groups -OCH3 is 1. The second-order valence-electron chi connectivity index (χ2n) is 36.3. The summed E-state index contributed by atoms with van der Waals surface area (Å²) in [4.78, 5) is 190. The first-order chi connectivity index (χ1) is 63.1. The SMILES string of the molecule is C=C1C[C@@H]2CC[C@@]34C[C@H]5O[C@@H]6[C@@H](O[C@H]7CC[C@H](CC(=O)C[C@@H]8[C@@H](OC)[C@@H](C[C@H](O)CNC(=O)OCc9ccc(NC(=O)[C@H](CCCNC(N)=O)NC(=O)[C@@H](NC(=O)[C@H](CC(=O)N[C@H]%10CCOC%10=O)NC(=O)CCOCCOCCOCCOCCNC(=O)[C@H](CNC(=O)CCP(=O)(O)O)N%10C(=O)C=CC%10=O)C(C)C)cc9)O[C@H]8C[C@H]8O[C@@H](CC[C@@H]1O2)C[C@@H](C)C8=C)C[C@@H]7[C@@H]6O3)[C@H]5O4. The number of urea groups is 1. The summed E-state index contributed by atoms with van der Waals surface area (Å²) in [5, 5.41) is 34.7. The van der Waals surface area contributed by atoms with E-state index >= 15 is 0 Å². The number of carbonyl (C=O) groups is 13. The van der Waals surface area contributed by atoms with Crippen molar-refractivity contribution in [1.29, 1.82) is 0 Å². The fraction of sp³-hybridized carbons (Fsp3) is 0.719. The van der Waals surface area contributed by atoms with Crippen LogP contribution in [-0.2, 0) is 130 Å². The molecule has 11 heterocycles. The minimum atomic E-state index is -4.48. The maximum atomic E-state index is 14.7. The number of nitrogens with two attached hydrogens (primary N) is 1. The number of cyclic esters (lactones) is 1. The number of hydrogen-bond donors (Lipinski definition) is 13. The molecular formula is C89H130N11O31P. The highest BCUT2D eigenvalue weighted by Gasteiger charge is 2.68. The van der Waals surface area contributed by atoms with Gasteiger partial charge in [-0.25, -0.2) is 14.4 Å². The smallest absolute Gasteiger partial charge is 0.407 e. The molecule has 1 spiro atoms. The highest BCUT2D eigenvalue weighted by molar-refractivity contribution is 7.51. The van der Waals surface area contributed by atoms with Crippen LogP contribution in [0.2, 0.25) is 0 Å². The molecule has 1 aromatic carbocycles. The van der Waals surface area contributed by atoms with Gasteiger partial charge in [0.2, 0.25) is 41.4 Å². The normalized spacial score (nSPS) is 30.1. The van der Waals surface area contributed by atoms with Crippen molar-refractivity contribution >= 4 is 90.3 Å². The third kappa shape index (κ3) is 28.6. The molecule has 12 bridgehead atoms. The van der Waals surface area contributed by atoms with Crippen molar-refractivity contribution in [2.45, 2.75) is 277 Å². The van der Waals surface area contributed by atoms with E-state index in [4.69, 9.17) is 81.8 Å². The van der Waals surface area contributed by atoms with Gasteiger partial charge in [-0.05, 0) is 111 Å². The number of anilines is 1. The highest BCUT2D eigenvalue weighted by atomic mass is 31.2. The van der Waals surface area contributed by atoms with Crippen LogP contribution in [0.5, 0.6) is 0 Å². The number of carbonyl (C=O) groups excluding carboxylic acids is 13. The van der Waals surface area contributed by atoms with Gasteiger partial charge in [0.1, 0.15) is 60.9 Å². The number of ketones is 1. The number of aliphatic hydroxyl groups is 1. The van der Waals surface area contributed by atoms with Gasteiger partial charge in [0.25, 0.3) is 11.8 Å². The lowest BCUT2D eigenvalue weighted by Gasteiger charge is -2.47. The molecule has 11 fully saturated rings. The van der Waals surface area contributed by atoms with E-state index in [9.17, 15) is 72.0 Å². The molecule has 0 unspecified atom stereocenters. The molecule has 132 heavy (non-hydrogen) atoms. The summed E-state index contributed by atoms with van der Waals surface area (Å²) in [7, 11) is -2.90. The van der Waals surface area contributed by atoms with Gasteiger partial charge in [0.15, 0.2) is 5.79 Å². The lowest BCUT2D eigenvalue weighted by molar-refractivity contribution is -0.268. The van der Waals surface area contributed by atoms with Crippen LogP contribution in [-0.4, -0.2) is 317 Å². The van der Waals surface area contributed by atoms with Crippen LogP contribution in [0.4, 0.5) is 15.3 Å². The summed E-state index contributed by atoms with van der Waals surface area (Å²) in [5.41, 5.74) is 8.11. The van der Waals surface area contributed by atoms with Crippen LogP contribution in [0.25, 0.3) is 0 Å². The number of amides is 12. The van der Waals surface area contributed by atoms with Crippen LogP contribution in [0.3, 0.4) is 0 Å². The molecule has 11 aliphatic heterocycles. The predicted octanol–water partition coefficient (Wildman–Crippen LogP) is 1.14. The first kappa shape index (κ1) is 102. The zero-order valence-corrected chi connectivity index (χ0v) is 76.1. The van der Waals surface area contributed by atoms with E-state index in [1.807, 2.05) is 0 Å². The zero-order valence-electron chi connectivity index (χ0n) is 75.2. The number of hydrogen-bond acceptors (Lipinski definition) is 29. The predicted molar refractivity (Wildman–Crippen MR) is 463 cm³/mol. The van der Waals surface area contributed by atoms with Gasteiger partial charge in [0, 0.05) is 121 Å². The Morgan fingerprint density at radius 3 is 2.04 bits per heavy atom. The quantitative estimate of drug-likeness (QED) is 0.0143. The van der Waals surface area contributed by atoms with Crippen LogP contribution in [0, 0.1) is 29.6 Å². The zero-order chi connectivity index (χ0) is 94.5. The standard InChI is InChI=1S/C89H130N11O31P/c1-48(2)76(99-83(109)63(42-73(105)96-62-20-27-123-86(62)112)97-72(104)21-26-119-29-31-121-33-34-122-32-30-120-28-25-91-84(110)64(100-74(106)17-18-75(100)107)46-93-71(103)22-35-132(115,116)117)85(111)98-61(8-7-24-92-87(90)113)82(108)95-54-12-9-52(10-13-54)47-124-88(114)94-45-56(102)41-69-77(118-6)60-40-55(101)38-53-11-15-66-59(39-53)78-80-81(128-66)79-70(129-80)44-89(130-78,131-79)23-19-58-37-50(4)65(125-58)16-14-57-36-49(3)51(5)67(126-57)43-68(60)127-69/h9-10,12-13,17-18,48-49,53,56-70,76-81,102H,4-5,7-8,11,14-16,19-47H2,1-3,6H3,(H,91,110)(H,93,103)(H,94,114)(H,95,108)(H,96,105)(H,97,104)(H,98,111)(H,99,109)(H3,90,92,113)(H2,115,116,117)/t49-,53-,56+,57+,58+,59+,60+,61+,62+,63+,64+,65+,66+,67-,68+,69-,70-,76+,77-,78+,79+,80+,81+,89-/m1/s1. The minimum absolute atomic E-state index is 0.00836. The number of esters is 1. The monoisotopic (exact) mass is 1880 g/mol. The minimum Gasteiger partial charge on any atom is -0.464 e. The highest BCUT2D eigenvalue weighted by Crippen LogP contribution is 2.57. The summed E-state index contributed by atoms with van der Waals surface area (Å²) in [6.45, 7) is 13.9. The van der Waals surface area contributed by atoms with Gasteiger partial charge in [-0.3, -0.25) is 57.4 Å². The van der Waals surface area contributed by atoms with Crippen LogP contribution < -0.4 is 53.6 Å². The number of imide groups is 1. The number of fused-ring (bicyclic) bond motifs is 6. The molecule has 12 amide bonds. The number of ether oxygens (including phenoxy) is 14. The fourth-order valence-electron chi connectivity index (χ4n) is 19.5. The molecule has 732 valence electrons. The van der Waals surface area contributed by atoms with E-state index in [0.717, 1.165) is 74.7 Å². The number of rotatable bonds is 44. The molecular weight excluding hydrogens is 1750 g/mol. The van der Waals surface area contributed by atoms with Crippen molar-refractivity contribution in [3.8, 4) is 0 Å². The molecule has 43 heteroatoms. The van der Waals surface area contributed by atoms with Gasteiger partial charge in [-0.1, -0.05) is 46.1 Å². The maximum Gasteiger partial charge on any atom is 0.407 e. The number of alkyl carbamates (subject to hydrolysis) is 1. The molecule has 12 aliphatic rings. The van der Waals surface area contributed by atoms with Crippen molar-refractivity contribution in [3.63, 3.8) is 0 Å². The Morgan fingerprint density at radius 2 is 1.34 bits per heavy atom. The molecule has 0 aromatic heterocycles. The fourth-order valence-corrected chi connectivity index (χ4v) is 19.9. The largest absolute Gasteiger partial charge is 0.464 e. The van der Waals surface area contributed by atoms with Gasteiger partial charge >= 0.3 is 25.7 Å². The molecule has 10 saturated heterocycles. The Bertz CT molecular complexity index is 4310. The topological polar surface area (TPSA) is 566 Å². The molecule has 1 saturated carbocycles. The van der Waals surface area contributed by atoms with Crippen LogP contribution in [0.1, 0.15) is 155 Å². The van der Waals surface area contributed by atoms with Crippen LogP contribution >= 0.6 is 7.60 Å². The number of nitrogens with one attached hydrogen (secondary N) is 9. The van der Waals surface area contributed by atoms with Crippen molar-refractivity contribution in [1.82, 2.24) is 47.4 Å². The Kier molecular flexibility index (Phi) is 37.2. The van der Waals surface area contributed by atoms with Gasteiger partial charge in [0.05, 0.1) is 139 Å². The molecule has 14 N–H and O–H groups in total. The van der Waals surface area contributed by atoms with E-state index < -0.39 is 177 Å². The second-order valence-corrected chi connectivity index (χ2v) is 38.1. The lowest BCUT2D eigenvalue weighted by atomic mass is 9.71. The molecule has 0 radical (unpaired) electrons. The molecule has 24 atom stereocenters. The van der Waals surface area contributed by atoms with E-state index in [1.54, 1.807) is 33.1 Å². The van der Waals surface area contributed by atoms with Gasteiger partial charge < -0.3 is 135 Å². The number of nitrogens with zero attached hydrogens (tertiary/aromatic N) is 1. The molecule has 13 rings (SSSR count). The van der Waals surface area contributed by atoms with E-state index in [2.05, 4.69) is 67.9 Å². The summed E-state index contributed by atoms with van der Waals surface area (Å²) >= 11 is 0. The number of Topliss-reactive ketones (excluding diaryl/α,β-unsaturated/α-hetero) is 1. The van der Waals surface area contributed by atoms with Crippen molar-refractivity contribution in [2.24, 2.45) is 35.3 Å². The van der Waals surface area contributed by atoms with Crippen LogP contribution in [0.15, 0.2) is 60.7 Å². The third-order valence-corrected chi connectivity index (χ3v) is 27.1. The van der Waals surface area contributed by atoms with E-state index in [1.165, 1.54) is 12.1 Å². The summed E-state index contributed by atoms with van der Waals surface area (Å²) in [5.74, 6) is -9.47. The Hall–Kier alpha value is -8.82. The van der Waals surface area contributed by atoms with Gasteiger partial charge in [-0.2, -0.15) is 0 Å². The van der Waals surface area contributed by atoms with Crippen molar-refractivity contribution < 1.29 is 148 Å². The number of aliphatic hydroxyl groups excluding tert-OH is 1. The third-order valence-electron chi connectivity index (χ3n) is 26.3. The lowest BCUT2D eigenvalue weighted by Crippen LogP contribution is -2.58. The molecule has 1 aliphatic carbocycles. The maximum absolute atomic E-state index is 14.7.